The van der Waals surface area contributed by atoms with E-state index in [9.17, 15) is 15.0 Å². The van der Waals surface area contributed by atoms with Crippen molar-refractivity contribution in [1.82, 2.24) is 4.90 Å². The van der Waals surface area contributed by atoms with Gasteiger partial charge in [-0.2, -0.15) is 0 Å². The molecular weight excluding hydrogens is 286 g/mol. The van der Waals surface area contributed by atoms with Crippen LogP contribution < -0.4 is 15.6 Å². The van der Waals surface area contributed by atoms with Crippen molar-refractivity contribution in [3.63, 3.8) is 0 Å². The number of nitrogens with zero attached hydrogens (tertiary/aromatic N) is 2. The van der Waals surface area contributed by atoms with Gasteiger partial charge in [-0.3, -0.25) is 9.80 Å². The minimum atomic E-state index is -0.988. The van der Waals surface area contributed by atoms with E-state index in [0.717, 1.165) is 19.3 Å². The normalized spacial score (nSPS) is 28.4. The maximum atomic E-state index is 12.9. The van der Waals surface area contributed by atoms with E-state index in [1.807, 2.05) is 0 Å². The number of phenolic OH excluding ortho intramolecular Hbond substituents is 1. The SMILES string of the molecule is COc1cc2c(cc1O)N(N)[C@@H](O)C1CC3(CC3)CN1C2=O. The molecule has 0 aromatic heterocycles. The van der Waals surface area contributed by atoms with E-state index in [0.29, 0.717) is 17.8 Å². The second kappa shape index (κ2) is 4.27. The predicted octanol–water partition coefficient (Wildman–Crippen LogP) is 0.408. The first-order valence-corrected chi connectivity index (χ1v) is 7.40. The van der Waals surface area contributed by atoms with E-state index in [1.54, 1.807) is 4.90 Å². The molecule has 1 spiro atoms. The zero-order chi connectivity index (χ0) is 15.6. The number of benzene rings is 1. The molecule has 2 aliphatic heterocycles. The Kier molecular flexibility index (Phi) is 2.65. The number of anilines is 1. The molecule has 118 valence electrons. The molecule has 2 fully saturated rings. The van der Waals surface area contributed by atoms with Gasteiger partial charge in [0.2, 0.25) is 0 Å². The number of fused-ring (bicyclic) bond motifs is 2. The molecule has 1 aromatic carbocycles. The first-order chi connectivity index (χ1) is 10.5. The van der Waals surface area contributed by atoms with Crippen LogP contribution in [0, 0.1) is 5.41 Å². The number of phenols is 1. The smallest absolute Gasteiger partial charge is 0.256 e. The molecule has 4 rings (SSSR count). The van der Waals surface area contributed by atoms with Crippen molar-refractivity contribution in [1.29, 1.82) is 0 Å². The summed E-state index contributed by atoms with van der Waals surface area (Å²) in [4.78, 5) is 14.6. The van der Waals surface area contributed by atoms with Crippen LogP contribution in [0.3, 0.4) is 0 Å². The van der Waals surface area contributed by atoms with E-state index in [1.165, 1.54) is 24.3 Å². The van der Waals surface area contributed by atoms with Crippen LogP contribution in [0.1, 0.15) is 29.6 Å². The summed E-state index contributed by atoms with van der Waals surface area (Å²) in [6.07, 6.45) is 1.97. The quantitative estimate of drug-likeness (QED) is 0.650. The number of carbonyl (C=O) groups is 1. The van der Waals surface area contributed by atoms with Crippen LogP contribution in [0.15, 0.2) is 12.1 Å². The lowest BCUT2D eigenvalue weighted by Gasteiger charge is -2.30. The molecule has 1 saturated carbocycles. The summed E-state index contributed by atoms with van der Waals surface area (Å²) in [7, 11) is 1.43. The van der Waals surface area contributed by atoms with Gasteiger partial charge in [0.25, 0.3) is 5.91 Å². The van der Waals surface area contributed by atoms with Gasteiger partial charge in [0, 0.05) is 12.6 Å². The summed E-state index contributed by atoms with van der Waals surface area (Å²) >= 11 is 0. The Hall–Kier alpha value is -1.99. The van der Waals surface area contributed by atoms with E-state index >= 15 is 0 Å². The molecule has 0 bridgehead atoms. The first kappa shape index (κ1) is 13.7. The molecule has 2 atom stereocenters. The minimum Gasteiger partial charge on any atom is -0.504 e. The number of aliphatic hydroxyl groups excluding tert-OH is 1. The lowest BCUT2D eigenvalue weighted by Crippen LogP contribution is -2.51. The molecule has 1 saturated heterocycles. The predicted molar refractivity (Wildman–Crippen MR) is 78.4 cm³/mol. The average molecular weight is 305 g/mol. The van der Waals surface area contributed by atoms with Gasteiger partial charge in [-0.1, -0.05) is 0 Å². The lowest BCUT2D eigenvalue weighted by molar-refractivity contribution is 0.0513. The van der Waals surface area contributed by atoms with Gasteiger partial charge in [-0.15, -0.1) is 0 Å². The molecule has 1 amide bonds. The third kappa shape index (κ3) is 1.72. The molecule has 2 heterocycles. The molecule has 1 aromatic rings. The van der Waals surface area contributed by atoms with Crippen LogP contribution in [0.4, 0.5) is 5.69 Å². The summed E-state index contributed by atoms with van der Waals surface area (Å²) in [5.41, 5.74) is 0.826. The highest BCUT2D eigenvalue weighted by atomic mass is 16.5. The van der Waals surface area contributed by atoms with Crippen molar-refractivity contribution in [2.24, 2.45) is 11.3 Å². The first-order valence-electron chi connectivity index (χ1n) is 7.40. The molecule has 22 heavy (non-hydrogen) atoms. The molecule has 3 aliphatic rings. The average Bonchev–Trinajstić information content (AvgIpc) is 3.16. The number of hydrogen-bond acceptors (Lipinski definition) is 6. The highest BCUT2D eigenvalue weighted by molar-refractivity contribution is 6.02. The number of aliphatic hydroxyl groups is 1. The fourth-order valence-corrected chi connectivity index (χ4v) is 3.71. The molecular formula is C15H19N3O4. The maximum Gasteiger partial charge on any atom is 0.256 e. The van der Waals surface area contributed by atoms with Gasteiger partial charge >= 0.3 is 0 Å². The highest BCUT2D eigenvalue weighted by Gasteiger charge is 2.56. The van der Waals surface area contributed by atoms with Crippen LogP contribution in [0.5, 0.6) is 11.5 Å². The molecule has 0 radical (unpaired) electrons. The third-order valence-corrected chi connectivity index (χ3v) is 5.20. The van der Waals surface area contributed by atoms with Gasteiger partial charge < -0.3 is 19.8 Å². The fraction of sp³-hybridized carbons (Fsp3) is 0.533. The van der Waals surface area contributed by atoms with Crippen LogP contribution in [-0.4, -0.2) is 46.9 Å². The van der Waals surface area contributed by atoms with Gasteiger partial charge in [0.1, 0.15) is 0 Å². The van der Waals surface area contributed by atoms with Crippen molar-refractivity contribution in [2.45, 2.75) is 31.5 Å². The lowest BCUT2D eigenvalue weighted by atomic mass is 10.0. The summed E-state index contributed by atoms with van der Waals surface area (Å²) in [5, 5.41) is 21.7. The van der Waals surface area contributed by atoms with Crippen molar-refractivity contribution in [3.8, 4) is 11.5 Å². The number of aromatic hydroxyl groups is 1. The Morgan fingerprint density at radius 2 is 2.14 bits per heavy atom. The van der Waals surface area contributed by atoms with Gasteiger partial charge in [0.05, 0.1) is 24.4 Å². The number of amides is 1. The molecule has 7 nitrogen and oxygen atoms in total. The van der Waals surface area contributed by atoms with Crippen LogP contribution in [-0.2, 0) is 0 Å². The Labute approximate surface area is 127 Å². The number of nitrogens with two attached hydrogens (primary N) is 1. The largest absolute Gasteiger partial charge is 0.504 e. The second-order valence-electron chi connectivity index (χ2n) is 6.57. The number of hydrazine groups is 1. The number of rotatable bonds is 1. The van der Waals surface area contributed by atoms with E-state index in [4.69, 9.17) is 10.6 Å². The van der Waals surface area contributed by atoms with Gasteiger partial charge in [-0.25, -0.2) is 5.84 Å². The number of carbonyl (C=O) groups excluding carboxylic acids is 1. The van der Waals surface area contributed by atoms with Crippen LogP contribution in [0.2, 0.25) is 0 Å². The Morgan fingerprint density at radius 1 is 1.41 bits per heavy atom. The van der Waals surface area contributed by atoms with Crippen molar-refractivity contribution < 1.29 is 19.7 Å². The number of methoxy groups -OCH3 is 1. The minimum absolute atomic E-state index is 0.113. The zero-order valence-corrected chi connectivity index (χ0v) is 12.3. The Balaban J connectivity index is 1.84. The molecule has 7 heteroatoms. The van der Waals surface area contributed by atoms with Gasteiger partial charge in [-0.05, 0) is 30.7 Å². The number of hydrogen-bond donors (Lipinski definition) is 3. The molecule has 1 aliphatic carbocycles. The number of ether oxygens (including phenoxy) is 1. The standard InChI is InChI=1S/C15H19N3O4/c1-22-12-4-8-9(5-11(12)19)18(16)14(21)10-6-15(2-3-15)7-17(10)13(8)20/h4-5,10,14,19,21H,2-3,6-7,16H2,1H3/t10?,14-/m0/s1. The van der Waals surface area contributed by atoms with Crippen molar-refractivity contribution >= 4 is 11.6 Å². The summed E-state index contributed by atoms with van der Waals surface area (Å²) in [6.45, 7) is 0.657. The molecule has 4 N–H and O–H groups in total. The van der Waals surface area contributed by atoms with Gasteiger partial charge in [0.15, 0.2) is 17.7 Å². The second-order valence-corrected chi connectivity index (χ2v) is 6.57. The maximum absolute atomic E-state index is 12.9. The Bertz CT molecular complexity index is 658. The molecule has 1 unspecified atom stereocenters. The van der Waals surface area contributed by atoms with E-state index in [2.05, 4.69) is 0 Å². The van der Waals surface area contributed by atoms with Crippen molar-refractivity contribution in [2.75, 3.05) is 18.7 Å². The van der Waals surface area contributed by atoms with E-state index < -0.39 is 6.23 Å². The third-order valence-electron chi connectivity index (χ3n) is 5.20. The van der Waals surface area contributed by atoms with E-state index in [-0.39, 0.29) is 28.9 Å². The summed E-state index contributed by atoms with van der Waals surface area (Å²) in [5.74, 6) is 5.96. The van der Waals surface area contributed by atoms with Crippen LogP contribution in [0.25, 0.3) is 0 Å². The fourth-order valence-electron chi connectivity index (χ4n) is 3.71. The zero-order valence-electron chi connectivity index (χ0n) is 12.3. The Morgan fingerprint density at radius 3 is 2.77 bits per heavy atom. The van der Waals surface area contributed by atoms with Crippen molar-refractivity contribution in [3.05, 3.63) is 17.7 Å². The highest BCUT2D eigenvalue weighted by Crippen LogP contribution is 2.56. The summed E-state index contributed by atoms with van der Waals surface area (Å²) < 4.78 is 5.08. The van der Waals surface area contributed by atoms with Crippen LogP contribution >= 0.6 is 0 Å². The topological polar surface area (TPSA) is 99.3 Å². The monoisotopic (exact) mass is 305 g/mol. The summed E-state index contributed by atoms with van der Waals surface area (Å²) in [6, 6.07) is 2.53.